The van der Waals surface area contributed by atoms with Crippen LogP contribution in [0.2, 0.25) is 0 Å². The molecule has 12 rings (SSSR count). The van der Waals surface area contributed by atoms with Crippen LogP contribution in [0.5, 0.6) is 0 Å². The Morgan fingerprint density at radius 2 is 0.820 bits per heavy atom. The largest absolute Gasteiger partial charge is 0.456 e. The molecule has 0 bridgehead atoms. The van der Waals surface area contributed by atoms with E-state index in [0.717, 1.165) is 55.8 Å². The molecule has 0 saturated heterocycles. The summed E-state index contributed by atoms with van der Waals surface area (Å²) >= 11 is 0. The molecule has 0 amide bonds. The van der Waals surface area contributed by atoms with Crippen LogP contribution in [0.15, 0.2) is 235 Å². The fraction of sp³-hybridized carbons (Fsp3) is 0. The van der Waals surface area contributed by atoms with Gasteiger partial charge < -0.3 is 13.9 Å². The first-order valence-corrected chi connectivity index (χ1v) is 20.8. The highest BCUT2D eigenvalue weighted by Crippen LogP contribution is 2.41. The number of anilines is 3. The summed E-state index contributed by atoms with van der Waals surface area (Å²) in [6.45, 7) is 0. The summed E-state index contributed by atoms with van der Waals surface area (Å²) in [5, 5.41) is 7.28. The summed E-state index contributed by atoms with van der Waals surface area (Å²) in [5.41, 5.74) is 15.7. The van der Waals surface area contributed by atoms with Gasteiger partial charge in [-0.25, -0.2) is 0 Å². The Labute approximate surface area is 353 Å². The quantitative estimate of drug-likeness (QED) is 0.161. The third-order valence-electron chi connectivity index (χ3n) is 12.2. The summed E-state index contributed by atoms with van der Waals surface area (Å²) in [6, 6.07) is 82.9. The van der Waals surface area contributed by atoms with Gasteiger partial charge in [0.25, 0.3) is 0 Å². The van der Waals surface area contributed by atoms with Gasteiger partial charge in [0.05, 0.1) is 11.0 Å². The molecule has 2 aromatic heterocycles. The molecule has 12 aromatic rings. The molecule has 61 heavy (non-hydrogen) atoms. The number of furan rings is 1. The lowest BCUT2D eigenvalue weighted by Crippen LogP contribution is -2.10. The van der Waals surface area contributed by atoms with E-state index in [4.69, 9.17) is 4.42 Å². The zero-order chi connectivity index (χ0) is 40.3. The van der Waals surface area contributed by atoms with Crippen LogP contribution in [0.4, 0.5) is 17.1 Å². The summed E-state index contributed by atoms with van der Waals surface area (Å²) in [4.78, 5) is 2.35. The normalized spacial score (nSPS) is 11.6. The first-order chi connectivity index (χ1) is 30.2. The predicted molar refractivity (Wildman–Crippen MR) is 257 cm³/mol. The molecule has 0 aliphatic carbocycles. The second kappa shape index (κ2) is 14.3. The minimum atomic E-state index is 0.898. The van der Waals surface area contributed by atoms with Gasteiger partial charge in [-0.15, -0.1) is 0 Å². The molecule has 3 nitrogen and oxygen atoms in total. The number of nitrogens with zero attached hydrogens (tertiary/aromatic N) is 2. The summed E-state index contributed by atoms with van der Waals surface area (Å²) in [5.74, 6) is 0. The average Bonchev–Trinajstić information content (AvgIpc) is 3.88. The Bertz CT molecular complexity index is 3500. The third-order valence-corrected chi connectivity index (χ3v) is 12.2. The van der Waals surface area contributed by atoms with E-state index in [-0.39, 0.29) is 0 Å². The maximum absolute atomic E-state index is 6.26. The molecule has 0 atom stereocenters. The molecule has 3 heteroatoms. The first kappa shape index (κ1) is 34.9. The van der Waals surface area contributed by atoms with E-state index in [1.54, 1.807) is 0 Å². The van der Waals surface area contributed by atoms with Gasteiger partial charge in [-0.2, -0.15) is 0 Å². The highest BCUT2D eigenvalue weighted by molar-refractivity contribution is 6.10. The smallest absolute Gasteiger partial charge is 0.136 e. The Kier molecular flexibility index (Phi) is 8.17. The van der Waals surface area contributed by atoms with E-state index in [2.05, 4.69) is 228 Å². The highest BCUT2D eigenvalue weighted by atomic mass is 16.3. The van der Waals surface area contributed by atoms with E-state index in [9.17, 15) is 0 Å². The van der Waals surface area contributed by atoms with Crippen molar-refractivity contribution < 1.29 is 4.42 Å². The Balaban J connectivity index is 0.958. The molecule has 286 valence electrons. The zero-order valence-electron chi connectivity index (χ0n) is 33.2. The van der Waals surface area contributed by atoms with E-state index < -0.39 is 0 Å². The van der Waals surface area contributed by atoms with Crippen molar-refractivity contribution >= 4 is 71.6 Å². The van der Waals surface area contributed by atoms with Crippen LogP contribution in [-0.4, -0.2) is 4.57 Å². The minimum absolute atomic E-state index is 0.898. The molecule has 0 N–H and O–H groups in total. The predicted octanol–water partition coefficient (Wildman–Crippen LogP) is 16.3. The maximum atomic E-state index is 6.26. The van der Waals surface area contributed by atoms with Crippen molar-refractivity contribution in [3.05, 3.63) is 231 Å². The summed E-state index contributed by atoms with van der Waals surface area (Å²) in [6.07, 6.45) is 0. The molecular formula is C58H38N2O. The first-order valence-electron chi connectivity index (χ1n) is 20.8. The van der Waals surface area contributed by atoms with Gasteiger partial charge >= 0.3 is 0 Å². The van der Waals surface area contributed by atoms with E-state index in [0.29, 0.717) is 0 Å². The second-order valence-corrected chi connectivity index (χ2v) is 15.7. The van der Waals surface area contributed by atoms with Crippen molar-refractivity contribution in [3.63, 3.8) is 0 Å². The Morgan fingerprint density at radius 3 is 1.46 bits per heavy atom. The number of hydrogen-bond donors (Lipinski definition) is 0. The molecule has 0 spiro atoms. The van der Waals surface area contributed by atoms with Crippen LogP contribution in [0.25, 0.3) is 93.6 Å². The highest BCUT2D eigenvalue weighted by Gasteiger charge is 2.17. The van der Waals surface area contributed by atoms with Crippen LogP contribution in [0.1, 0.15) is 0 Å². The van der Waals surface area contributed by atoms with Gasteiger partial charge in [0.15, 0.2) is 0 Å². The van der Waals surface area contributed by atoms with Crippen LogP contribution >= 0.6 is 0 Å². The van der Waals surface area contributed by atoms with Gasteiger partial charge in [0.2, 0.25) is 0 Å². The summed E-state index contributed by atoms with van der Waals surface area (Å²) in [7, 11) is 0. The van der Waals surface area contributed by atoms with Crippen LogP contribution in [0, 0.1) is 0 Å². The Morgan fingerprint density at radius 1 is 0.328 bits per heavy atom. The number of rotatable bonds is 7. The monoisotopic (exact) mass is 778 g/mol. The number of aromatic nitrogens is 1. The minimum Gasteiger partial charge on any atom is -0.456 e. The topological polar surface area (TPSA) is 21.3 Å². The Hall–Kier alpha value is -8.14. The van der Waals surface area contributed by atoms with Gasteiger partial charge in [-0.3, -0.25) is 0 Å². The second-order valence-electron chi connectivity index (χ2n) is 15.7. The summed E-state index contributed by atoms with van der Waals surface area (Å²) < 4.78 is 8.63. The van der Waals surface area contributed by atoms with Crippen molar-refractivity contribution in [3.8, 4) is 39.1 Å². The molecule has 0 aliphatic rings. The molecule has 0 unspecified atom stereocenters. The molecule has 2 heterocycles. The zero-order valence-corrected chi connectivity index (χ0v) is 33.2. The van der Waals surface area contributed by atoms with E-state index in [1.807, 2.05) is 12.1 Å². The van der Waals surface area contributed by atoms with Crippen LogP contribution in [0.3, 0.4) is 0 Å². The van der Waals surface area contributed by atoms with Crippen LogP contribution < -0.4 is 4.90 Å². The molecule has 0 radical (unpaired) electrons. The lowest BCUT2D eigenvalue weighted by Gasteiger charge is -2.26. The van der Waals surface area contributed by atoms with Crippen molar-refractivity contribution in [2.75, 3.05) is 4.90 Å². The standard InChI is InChI=1S/C58H38N2O/c1-2-12-40(13-3-1)48-19-10-14-42-15-11-20-49(58(42)48)41-26-31-45(32-27-41)59(44-29-24-39(25-30-44)43-28-37-53-52-18-6-9-23-56(52)61-57(53)38-43)46-33-35-47(36-34-46)60-54-21-7-4-16-50(54)51-17-5-8-22-55(51)60/h1-38H. The lowest BCUT2D eigenvalue weighted by molar-refractivity contribution is 0.669. The average molecular weight is 779 g/mol. The fourth-order valence-corrected chi connectivity index (χ4v) is 9.34. The number of hydrogen-bond acceptors (Lipinski definition) is 2. The third kappa shape index (κ3) is 5.90. The molecule has 0 aliphatic heterocycles. The van der Waals surface area contributed by atoms with E-state index >= 15 is 0 Å². The van der Waals surface area contributed by atoms with Crippen molar-refractivity contribution in [2.45, 2.75) is 0 Å². The van der Waals surface area contributed by atoms with Crippen LogP contribution in [-0.2, 0) is 0 Å². The lowest BCUT2D eigenvalue weighted by atomic mass is 9.91. The molecule has 0 saturated carbocycles. The number of fused-ring (bicyclic) bond motifs is 7. The van der Waals surface area contributed by atoms with Gasteiger partial charge in [0, 0.05) is 44.3 Å². The van der Waals surface area contributed by atoms with E-state index in [1.165, 1.54) is 54.8 Å². The van der Waals surface area contributed by atoms with Crippen molar-refractivity contribution in [1.29, 1.82) is 0 Å². The molecular weight excluding hydrogens is 741 g/mol. The number of para-hydroxylation sites is 3. The van der Waals surface area contributed by atoms with Gasteiger partial charge in [-0.1, -0.05) is 152 Å². The van der Waals surface area contributed by atoms with Gasteiger partial charge in [-0.05, 0) is 123 Å². The van der Waals surface area contributed by atoms with Crippen molar-refractivity contribution in [2.24, 2.45) is 0 Å². The van der Waals surface area contributed by atoms with Gasteiger partial charge in [0.1, 0.15) is 11.2 Å². The molecule has 0 fully saturated rings. The SMILES string of the molecule is c1ccc(-c2cccc3cccc(-c4ccc(N(c5ccc(-c6ccc7c(c6)oc6ccccc67)cc5)c5ccc(-n6c7ccccc7c7ccccc76)cc5)cc4)c23)cc1. The fourth-order valence-electron chi connectivity index (χ4n) is 9.34. The van der Waals surface area contributed by atoms with Crippen molar-refractivity contribution in [1.82, 2.24) is 4.57 Å². The molecule has 10 aromatic carbocycles. The number of benzene rings is 10. The maximum Gasteiger partial charge on any atom is 0.136 e.